The standard InChI is InChI=1S/C7H10ClN3O.ClH/c1-4-7(5(2)11-10-4)9-6(12)3-8;/h3H2,1-2H3,(H,9,12)(H,10,11);1H. The van der Waals surface area contributed by atoms with Crippen molar-refractivity contribution in [2.75, 3.05) is 11.2 Å². The molecule has 0 aromatic carbocycles. The summed E-state index contributed by atoms with van der Waals surface area (Å²) in [6, 6.07) is 0. The Morgan fingerprint density at radius 2 is 2.23 bits per heavy atom. The number of aromatic nitrogens is 2. The van der Waals surface area contributed by atoms with Crippen LogP contribution in [0.25, 0.3) is 0 Å². The van der Waals surface area contributed by atoms with E-state index in [4.69, 9.17) is 11.6 Å². The zero-order valence-corrected chi connectivity index (χ0v) is 8.92. The Hall–Kier alpha value is -0.740. The molecule has 2 N–H and O–H groups in total. The van der Waals surface area contributed by atoms with E-state index in [-0.39, 0.29) is 24.2 Å². The van der Waals surface area contributed by atoms with Crippen molar-refractivity contribution in [2.45, 2.75) is 13.8 Å². The Morgan fingerprint density at radius 1 is 1.62 bits per heavy atom. The third-order valence-corrected chi connectivity index (χ3v) is 1.76. The quantitative estimate of drug-likeness (QED) is 0.750. The molecule has 0 unspecified atom stereocenters. The Labute approximate surface area is 87.5 Å². The molecule has 0 fully saturated rings. The number of hydrogen-bond donors (Lipinski definition) is 2. The maximum atomic E-state index is 10.9. The zero-order valence-electron chi connectivity index (χ0n) is 7.35. The summed E-state index contributed by atoms with van der Waals surface area (Å²) in [6.45, 7) is 3.65. The van der Waals surface area contributed by atoms with Crippen LogP contribution in [0.1, 0.15) is 11.4 Å². The largest absolute Gasteiger partial charge is 0.322 e. The predicted molar refractivity (Wildman–Crippen MR) is 54.7 cm³/mol. The molecule has 0 aliphatic heterocycles. The van der Waals surface area contributed by atoms with E-state index in [1.807, 2.05) is 13.8 Å². The number of hydrogen-bond acceptors (Lipinski definition) is 2. The molecule has 1 aromatic rings. The van der Waals surface area contributed by atoms with Crippen LogP contribution >= 0.6 is 24.0 Å². The van der Waals surface area contributed by atoms with Gasteiger partial charge in [-0.3, -0.25) is 9.89 Å². The number of anilines is 1. The lowest BCUT2D eigenvalue weighted by atomic mass is 10.3. The number of carbonyl (C=O) groups excluding carboxylic acids is 1. The molecular formula is C7H11Cl2N3O. The first-order valence-corrected chi connectivity index (χ1v) is 4.06. The number of carbonyl (C=O) groups is 1. The highest BCUT2D eigenvalue weighted by Crippen LogP contribution is 2.15. The van der Waals surface area contributed by atoms with Crippen molar-refractivity contribution in [1.82, 2.24) is 10.2 Å². The highest BCUT2D eigenvalue weighted by molar-refractivity contribution is 6.29. The molecule has 0 bridgehead atoms. The summed E-state index contributed by atoms with van der Waals surface area (Å²) in [4.78, 5) is 10.9. The number of aromatic amines is 1. The van der Waals surface area contributed by atoms with Crippen LogP contribution in [-0.2, 0) is 4.79 Å². The first-order chi connectivity index (χ1) is 5.65. The van der Waals surface area contributed by atoms with Crippen molar-refractivity contribution in [2.24, 2.45) is 0 Å². The van der Waals surface area contributed by atoms with Crippen LogP contribution in [0.5, 0.6) is 0 Å². The topological polar surface area (TPSA) is 57.8 Å². The first kappa shape index (κ1) is 12.3. The molecule has 0 spiro atoms. The summed E-state index contributed by atoms with van der Waals surface area (Å²) in [5, 5.41) is 9.32. The van der Waals surface area contributed by atoms with Crippen LogP contribution in [0.15, 0.2) is 0 Å². The van der Waals surface area contributed by atoms with Crippen LogP contribution in [0.4, 0.5) is 5.69 Å². The molecule has 0 radical (unpaired) electrons. The molecule has 6 heteroatoms. The van der Waals surface area contributed by atoms with Crippen LogP contribution in [0, 0.1) is 13.8 Å². The lowest BCUT2D eigenvalue weighted by molar-refractivity contribution is -0.113. The third kappa shape index (κ3) is 2.90. The number of nitrogens with one attached hydrogen (secondary N) is 2. The van der Waals surface area contributed by atoms with Gasteiger partial charge in [0, 0.05) is 0 Å². The molecule has 4 nitrogen and oxygen atoms in total. The van der Waals surface area contributed by atoms with Crippen LogP contribution in [-0.4, -0.2) is 22.0 Å². The van der Waals surface area contributed by atoms with Gasteiger partial charge in [-0.2, -0.15) is 5.10 Å². The number of rotatable bonds is 2. The summed E-state index contributed by atoms with van der Waals surface area (Å²) in [6.07, 6.45) is 0. The number of alkyl halides is 1. The fourth-order valence-electron chi connectivity index (χ4n) is 0.908. The second-order valence-corrected chi connectivity index (χ2v) is 2.76. The van der Waals surface area contributed by atoms with Crippen molar-refractivity contribution in [1.29, 1.82) is 0 Å². The monoisotopic (exact) mass is 223 g/mol. The number of halogens is 2. The molecular weight excluding hydrogens is 213 g/mol. The second-order valence-electron chi connectivity index (χ2n) is 2.49. The van der Waals surface area contributed by atoms with Crippen molar-refractivity contribution in [3.8, 4) is 0 Å². The van der Waals surface area contributed by atoms with Gasteiger partial charge in [-0.05, 0) is 13.8 Å². The Bertz CT molecular complexity index is 278. The van der Waals surface area contributed by atoms with Gasteiger partial charge < -0.3 is 5.32 Å². The Morgan fingerprint density at radius 3 is 2.62 bits per heavy atom. The fourth-order valence-corrected chi connectivity index (χ4v) is 0.975. The SMILES string of the molecule is Cc1n[nH]c(C)c1NC(=O)CCl.Cl. The van der Waals surface area contributed by atoms with Crippen molar-refractivity contribution < 1.29 is 4.79 Å². The van der Waals surface area contributed by atoms with E-state index in [0.29, 0.717) is 0 Å². The average molecular weight is 224 g/mol. The van der Waals surface area contributed by atoms with Crippen molar-refractivity contribution in [3.05, 3.63) is 11.4 Å². The molecule has 0 atom stereocenters. The van der Waals surface area contributed by atoms with Gasteiger partial charge in [0.1, 0.15) is 5.88 Å². The lowest BCUT2D eigenvalue weighted by Crippen LogP contribution is -2.13. The van der Waals surface area contributed by atoms with Crippen molar-refractivity contribution >= 4 is 35.6 Å². The molecule has 1 heterocycles. The lowest BCUT2D eigenvalue weighted by Gasteiger charge is -2.01. The number of H-pyrrole nitrogens is 1. The fraction of sp³-hybridized carbons (Fsp3) is 0.429. The summed E-state index contributed by atoms with van der Waals surface area (Å²) in [7, 11) is 0. The van der Waals surface area contributed by atoms with Gasteiger partial charge in [-0.1, -0.05) is 0 Å². The van der Waals surface area contributed by atoms with Gasteiger partial charge in [0.15, 0.2) is 0 Å². The van der Waals surface area contributed by atoms with Crippen molar-refractivity contribution in [3.63, 3.8) is 0 Å². The van der Waals surface area contributed by atoms with E-state index >= 15 is 0 Å². The van der Waals surface area contributed by atoms with E-state index in [9.17, 15) is 4.79 Å². The minimum Gasteiger partial charge on any atom is -0.322 e. The summed E-state index contributed by atoms with van der Waals surface area (Å²) < 4.78 is 0. The first-order valence-electron chi connectivity index (χ1n) is 3.52. The third-order valence-electron chi connectivity index (χ3n) is 1.51. The smallest absolute Gasteiger partial charge is 0.239 e. The van der Waals surface area contributed by atoms with Gasteiger partial charge in [0.2, 0.25) is 5.91 Å². The number of amides is 1. The van der Waals surface area contributed by atoms with Gasteiger partial charge in [0.25, 0.3) is 0 Å². The van der Waals surface area contributed by atoms with Gasteiger partial charge in [-0.25, -0.2) is 0 Å². The maximum Gasteiger partial charge on any atom is 0.239 e. The molecule has 0 saturated heterocycles. The van der Waals surface area contributed by atoms with Gasteiger partial charge >= 0.3 is 0 Å². The summed E-state index contributed by atoms with van der Waals surface area (Å²) >= 11 is 5.33. The maximum absolute atomic E-state index is 10.9. The molecule has 1 aromatic heterocycles. The molecule has 0 saturated carbocycles. The second kappa shape index (κ2) is 5.09. The Kier molecular flexibility index (Phi) is 4.80. The minimum absolute atomic E-state index is 0. The van der Waals surface area contributed by atoms with E-state index in [1.165, 1.54) is 0 Å². The molecule has 0 aliphatic carbocycles. The number of aryl methyl sites for hydroxylation is 2. The van der Waals surface area contributed by atoms with Crippen LogP contribution in [0.3, 0.4) is 0 Å². The highest BCUT2D eigenvalue weighted by atomic mass is 35.5. The van der Waals surface area contributed by atoms with Crippen LogP contribution < -0.4 is 5.32 Å². The summed E-state index contributed by atoms with van der Waals surface area (Å²) in [5.74, 6) is -0.256. The van der Waals surface area contributed by atoms with Crippen LogP contribution in [0.2, 0.25) is 0 Å². The normalized spacial score (nSPS) is 9.15. The average Bonchev–Trinajstić information content (AvgIpc) is 2.35. The van der Waals surface area contributed by atoms with Gasteiger partial charge in [0.05, 0.1) is 17.1 Å². The minimum atomic E-state index is -0.218. The summed E-state index contributed by atoms with van der Waals surface area (Å²) in [5.41, 5.74) is 2.33. The number of nitrogens with zero attached hydrogens (tertiary/aromatic N) is 1. The Balaban J connectivity index is 0.00000144. The van der Waals surface area contributed by atoms with E-state index in [2.05, 4.69) is 15.5 Å². The molecule has 0 aliphatic rings. The van der Waals surface area contributed by atoms with E-state index < -0.39 is 0 Å². The van der Waals surface area contributed by atoms with E-state index in [1.54, 1.807) is 0 Å². The molecule has 74 valence electrons. The molecule has 1 rings (SSSR count). The molecule has 1 amide bonds. The highest BCUT2D eigenvalue weighted by Gasteiger charge is 2.08. The predicted octanol–water partition coefficient (Wildman–Crippen LogP) is 1.63. The van der Waals surface area contributed by atoms with Gasteiger partial charge in [-0.15, -0.1) is 24.0 Å². The van der Waals surface area contributed by atoms with E-state index in [0.717, 1.165) is 17.1 Å². The zero-order chi connectivity index (χ0) is 9.14. The molecule has 13 heavy (non-hydrogen) atoms.